The smallest absolute Gasteiger partial charge is 0.410 e. The summed E-state index contributed by atoms with van der Waals surface area (Å²) < 4.78 is 5.43. The van der Waals surface area contributed by atoms with Gasteiger partial charge in [0.2, 0.25) is 0 Å². The lowest BCUT2D eigenvalue weighted by Crippen LogP contribution is -2.41. The van der Waals surface area contributed by atoms with Gasteiger partial charge in [-0.15, -0.1) is 0 Å². The van der Waals surface area contributed by atoms with Gasteiger partial charge in [0.1, 0.15) is 5.60 Å². The molecule has 0 aromatic heterocycles. The number of carbonyl (C=O) groups is 1. The van der Waals surface area contributed by atoms with Gasteiger partial charge in [-0.25, -0.2) is 4.79 Å². The molecular formula is C12H22N2O2. The van der Waals surface area contributed by atoms with Crippen LogP contribution in [-0.4, -0.2) is 53.7 Å². The third-order valence-corrected chi connectivity index (χ3v) is 3.48. The number of amides is 1. The highest BCUT2D eigenvalue weighted by Crippen LogP contribution is 2.31. The molecule has 0 unspecified atom stereocenters. The third-order valence-electron chi connectivity index (χ3n) is 3.48. The fraction of sp³-hybridized carbons (Fsp3) is 0.917. The molecule has 4 heteroatoms. The van der Waals surface area contributed by atoms with Crippen molar-refractivity contribution in [3.63, 3.8) is 0 Å². The van der Waals surface area contributed by atoms with Crippen molar-refractivity contribution >= 4 is 6.09 Å². The second-order valence-electron chi connectivity index (χ2n) is 5.87. The molecule has 0 bridgehead atoms. The number of likely N-dealkylation sites (tertiary alicyclic amines) is 2. The summed E-state index contributed by atoms with van der Waals surface area (Å²) in [6.07, 6.45) is 2.02. The van der Waals surface area contributed by atoms with Gasteiger partial charge in [-0.1, -0.05) is 0 Å². The summed E-state index contributed by atoms with van der Waals surface area (Å²) in [5.41, 5.74) is -0.389. The Kier molecular flexibility index (Phi) is 2.86. The summed E-state index contributed by atoms with van der Waals surface area (Å²) in [7, 11) is 2.14. The number of carbonyl (C=O) groups excluding carboxylic acids is 1. The highest BCUT2D eigenvalue weighted by atomic mass is 16.6. The van der Waals surface area contributed by atoms with Crippen LogP contribution in [0.5, 0.6) is 0 Å². The van der Waals surface area contributed by atoms with Gasteiger partial charge in [-0.2, -0.15) is 0 Å². The van der Waals surface area contributed by atoms with E-state index in [0.29, 0.717) is 12.1 Å². The van der Waals surface area contributed by atoms with Crippen LogP contribution in [-0.2, 0) is 4.74 Å². The molecule has 0 aliphatic carbocycles. The molecule has 0 N–H and O–H groups in total. The lowest BCUT2D eigenvalue weighted by molar-refractivity contribution is 0.0224. The van der Waals surface area contributed by atoms with Crippen LogP contribution >= 0.6 is 0 Å². The molecule has 0 saturated carbocycles. The topological polar surface area (TPSA) is 32.8 Å². The zero-order valence-corrected chi connectivity index (χ0v) is 10.7. The first-order valence-corrected chi connectivity index (χ1v) is 6.08. The van der Waals surface area contributed by atoms with E-state index in [1.807, 2.05) is 25.7 Å². The van der Waals surface area contributed by atoms with Gasteiger partial charge < -0.3 is 14.5 Å². The molecule has 2 atom stereocenters. The van der Waals surface area contributed by atoms with Gasteiger partial charge in [0, 0.05) is 19.1 Å². The predicted molar refractivity (Wildman–Crippen MR) is 62.4 cm³/mol. The Balaban J connectivity index is 1.99. The molecule has 2 rings (SSSR count). The molecule has 0 aromatic carbocycles. The molecular weight excluding hydrogens is 204 g/mol. The van der Waals surface area contributed by atoms with Crippen LogP contribution in [0.3, 0.4) is 0 Å². The van der Waals surface area contributed by atoms with Crippen molar-refractivity contribution in [1.29, 1.82) is 0 Å². The Bertz CT molecular complexity index is 285. The average Bonchev–Trinajstić information content (AvgIpc) is 2.66. The van der Waals surface area contributed by atoms with Gasteiger partial charge in [0.15, 0.2) is 0 Å². The largest absolute Gasteiger partial charge is 0.444 e. The van der Waals surface area contributed by atoms with E-state index in [1.165, 1.54) is 0 Å². The van der Waals surface area contributed by atoms with Crippen molar-refractivity contribution in [1.82, 2.24) is 9.80 Å². The van der Waals surface area contributed by atoms with Crippen molar-refractivity contribution in [2.45, 2.75) is 51.3 Å². The quantitative estimate of drug-likeness (QED) is 0.630. The number of ether oxygens (including phenoxy) is 1. The number of rotatable bonds is 0. The van der Waals surface area contributed by atoms with Crippen molar-refractivity contribution in [2.24, 2.45) is 0 Å². The van der Waals surface area contributed by atoms with Gasteiger partial charge in [-0.3, -0.25) is 0 Å². The maximum atomic E-state index is 12.0. The van der Waals surface area contributed by atoms with Crippen LogP contribution in [0.15, 0.2) is 0 Å². The van der Waals surface area contributed by atoms with Gasteiger partial charge >= 0.3 is 6.09 Å². The number of hydrogen-bond donors (Lipinski definition) is 0. The standard InChI is InChI=1S/C12H22N2O2/c1-12(2,3)16-11(15)14-8-6-9-10(14)5-7-13(9)4/h9-10H,5-8H2,1-4H3/t9-,10-/m1/s1. The Morgan fingerprint density at radius 3 is 2.44 bits per heavy atom. The second kappa shape index (κ2) is 3.91. The summed E-state index contributed by atoms with van der Waals surface area (Å²) in [6.45, 7) is 7.68. The summed E-state index contributed by atoms with van der Waals surface area (Å²) in [5, 5.41) is 0. The Morgan fingerprint density at radius 2 is 1.81 bits per heavy atom. The van der Waals surface area contributed by atoms with Crippen LogP contribution in [0.1, 0.15) is 33.6 Å². The summed E-state index contributed by atoms with van der Waals surface area (Å²) in [6, 6.07) is 0.923. The zero-order chi connectivity index (χ0) is 11.9. The van der Waals surface area contributed by atoms with Crippen LogP contribution in [0.2, 0.25) is 0 Å². The highest BCUT2D eigenvalue weighted by Gasteiger charge is 2.44. The van der Waals surface area contributed by atoms with Gasteiger partial charge in [0.25, 0.3) is 0 Å². The lowest BCUT2D eigenvalue weighted by Gasteiger charge is -2.28. The molecule has 92 valence electrons. The van der Waals surface area contributed by atoms with Crippen molar-refractivity contribution < 1.29 is 9.53 Å². The average molecular weight is 226 g/mol. The van der Waals surface area contributed by atoms with Crippen LogP contribution < -0.4 is 0 Å². The van der Waals surface area contributed by atoms with E-state index in [0.717, 1.165) is 25.9 Å². The van der Waals surface area contributed by atoms with E-state index >= 15 is 0 Å². The Hall–Kier alpha value is -0.770. The lowest BCUT2D eigenvalue weighted by atomic mass is 10.1. The van der Waals surface area contributed by atoms with E-state index in [1.54, 1.807) is 0 Å². The molecule has 0 radical (unpaired) electrons. The molecule has 0 aromatic rings. The Morgan fingerprint density at radius 1 is 1.19 bits per heavy atom. The minimum atomic E-state index is -0.389. The molecule has 2 aliphatic rings. The van der Waals surface area contributed by atoms with E-state index in [2.05, 4.69) is 11.9 Å². The molecule has 2 heterocycles. The first-order chi connectivity index (χ1) is 7.38. The van der Waals surface area contributed by atoms with E-state index in [4.69, 9.17) is 4.74 Å². The van der Waals surface area contributed by atoms with Crippen molar-refractivity contribution in [3.8, 4) is 0 Å². The number of fused-ring (bicyclic) bond motifs is 1. The van der Waals surface area contributed by atoms with E-state index in [9.17, 15) is 4.79 Å². The maximum Gasteiger partial charge on any atom is 0.410 e. The Labute approximate surface area is 97.5 Å². The predicted octanol–water partition coefficient (Wildman–Crippen LogP) is 1.70. The normalized spacial score (nSPS) is 30.6. The minimum absolute atomic E-state index is 0.143. The first-order valence-electron chi connectivity index (χ1n) is 6.08. The number of nitrogens with zero attached hydrogens (tertiary/aromatic N) is 2. The van der Waals surface area contributed by atoms with Gasteiger partial charge in [-0.05, 0) is 40.7 Å². The fourth-order valence-corrected chi connectivity index (χ4v) is 2.75. The van der Waals surface area contributed by atoms with Crippen molar-refractivity contribution in [3.05, 3.63) is 0 Å². The molecule has 2 fully saturated rings. The number of hydrogen-bond acceptors (Lipinski definition) is 3. The number of likely N-dealkylation sites (N-methyl/N-ethyl adjacent to an activating group) is 1. The maximum absolute atomic E-state index is 12.0. The first kappa shape index (κ1) is 11.7. The fourth-order valence-electron chi connectivity index (χ4n) is 2.75. The summed E-state index contributed by atoms with van der Waals surface area (Å²) in [4.78, 5) is 16.3. The highest BCUT2D eigenvalue weighted by molar-refractivity contribution is 5.69. The summed E-state index contributed by atoms with van der Waals surface area (Å²) in [5.74, 6) is 0. The SMILES string of the molecule is CN1CC[C@@H]2[C@H]1CCN2C(=O)OC(C)(C)C. The minimum Gasteiger partial charge on any atom is -0.444 e. The molecule has 16 heavy (non-hydrogen) atoms. The molecule has 1 amide bonds. The molecule has 4 nitrogen and oxygen atoms in total. The molecule has 2 aliphatic heterocycles. The van der Waals surface area contributed by atoms with Gasteiger partial charge in [0.05, 0.1) is 6.04 Å². The molecule has 0 spiro atoms. The van der Waals surface area contributed by atoms with E-state index in [-0.39, 0.29) is 11.7 Å². The van der Waals surface area contributed by atoms with Crippen LogP contribution in [0.25, 0.3) is 0 Å². The second-order valence-corrected chi connectivity index (χ2v) is 5.87. The van der Waals surface area contributed by atoms with Crippen molar-refractivity contribution in [2.75, 3.05) is 20.1 Å². The molecule has 2 saturated heterocycles. The summed E-state index contributed by atoms with van der Waals surface area (Å²) >= 11 is 0. The zero-order valence-electron chi connectivity index (χ0n) is 10.7. The van der Waals surface area contributed by atoms with Crippen LogP contribution in [0, 0.1) is 0 Å². The monoisotopic (exact) mass is 226 g/mol. The third kappa shape index (κ3) is 2.17. The van der Waals surface area contributed by atoms with E-state index < -0.39 is 0 Å². The van der Waals surface area contributed by atoms with Crippen LogP contribution in [0.4, 0.5) is 4.79 Å².